The molecule has 1 fully saturated rings. The Balaban J connectivity index is 1.51. The summed E-state index contributed by atoms with van der Waals surface area (Å²) in [4.78, 5) is 14.1. The number of carbonyl (C=O) groups excluding carboxylic acids is 1. The fourth-order valence-electron chi connectivity index (χ4n) is 2.61. The number of carbonyl (C=O) groups is 1. The van der Waals surface area contributed by atoms with E-state index in [4.69, 9.17) is 14.2 Å². The molecule has 0 spiro atoms. The molecule has 1 unspecified atom stereocenters. The van der Waals surface area contributed by atoms with Crippen molar-refractivity contribution in [3.8, 4) is 11.5 Å². The first-order chi connectivity index (χ1) is 12.2. The average molecular weight is 342 g/mol. The van der Waals surface area contributed by atoms with Crippen LogP contribution >= 0.6 is 0 Å². The number of para-hydroxylation sites is 1. The molecule has 0 aromatic heterocycles. The van der Waals surface area contributed by atoms with Crippen LogP contribution in [-0.2, 0) is 4.74 Å². The lowest BCUT2D eigenvalue weighted by atomic mass is 10.3. The number of urea groups is 1. The zero-order chi connectivity index (χ0) is 17.5. The van der Waals surface area contributed by atoms with E-state index in [1.54, 1.807) is 12.0 Å². The third kappa shape index (κ3) is 4.87. The van der Waals surface area contributed by atoms with E-state index < -0.39 is 0 Å². The summed E-state index contributed by atoms with van der Waals surface area (Å²) in [7, 11) is 1.62. The van der Waals surface area contributed by atoms with Crippen LogP contribution in [0.25, 0.3) is 0 Å². The van der Waals surface area contributed by atoms with Crippen molar-refractivity contribution in [3.05, 3.63) is 54.6 Å². The fraction of sp³-hybridized carbons (Fsp3) is 0.316. The van der Waals surface area contributed by atoms with Gasteiger partial charge in [-0.2, -0.15) is 0 Å². The average Bonchev–Trinajstić information content (AvgIpc) is 2.67. The summed E-state index contributed by atoms with van der Waals surface area (Å²) in [6, 6.07) is 16.7. The minimum absolute atomic E-state index is 0.124. The second-order valence-corrected chi connectivity index (χ2v) is 5.72. The number of benzene rings is 2. The number of rotatable bonds is 5. The van der Waals surface area contributed by atoms with Crippen molar-refractivity contribution in [2.24, 2.45) is 0 Å². The lowest BCUT2D eigenvalue weighted by molar-refractivity contribution is -0.0337. The highest BCUT2D eigenvalue weighted by atomic mass is 16.5. The van der Waals surface area contributed by atoms with E-state index in [0.717, 1.165) is 11.4 Å². The Kier molecular flexibility index (Phi) is 5.74. The van der Waals surface area contributed by atoms with Crippen molar-refractivity contribution in [1.29, 1.82) is 0 Å². The van der Waals surface area contributed by atoms with E-state index in [1.165, 1.54) is 0 Å². The van der Waals surface area contributed by atoms with E-state index in [2.05, 4.69) is 5.32 Å². The number of hydrogen-bond donors (Lipinski definition) is 1. The second kappa shape index (κ2) is 8.39. The van der Waals surface area contributed by atoms with Crippen LogP contribution in [-0.4, -0.2) is 50.4 Å². The van der Waals surface area contributed by atoms with Crippen LogP contribution in [0.1, 0.15) is 0 Å². The van der Waals surface area contributed by atoms with E-state index in [9.17, 15) is 4.79 Å². The van der Waals surface area contributed by atoms with Gasteiger partial charge in [0.2, 0.25) is 0 Å². The number of hydrogen-bond acceptors (Lipinski definition) is 4. The Morgan fingerprint density at radius 2 is 2.00 bits per heavy atom. The summed E-state index contributed by atoms with van der Waals surface area (Å²) in [6.45, 7) is 1.92. The Bertz CT molecular complexity index is 693. The number of morpholine rings is 1. The van der Waals surface area contributed by atoms with Gasteiger partial charge in [-0.05, 0) is 24.3 Å². The van der Waals surface area contributed by atoms with E-state index in [1.807, 2.05) is 54.6 Å². The topological polar surface area (TPSA) is 60.0 Å². The normalized spacial score (nSPS) is 17.0. The molecule has 25 heavy (non-hydrogen) atoms. The Hall–Kier alpha value is -2.73. The minimum atomic E-state index is -0.165. The number of methoxy groups -OCH3 is 1. The molecule has 6 nitrogen and oxygen atoms in total. The van der Waals surface area contributed by atoms with Gasteiger partial charge in [-0.1, -0.05) is 24.3 Å². The van der Waals surface area contributed by atoms with Gasteiger partial charge in [-0.3, -0.25) is 0 Å². The second-order valence-electron chi connectivity index (χ2n) is 5.72. The van der Waals surface area contributed by atoms with Gasteiger partial charge in [0.05, 0.1) is 20.3 Å². The monoisotopic (exact) mass is 342 g/mol. The molecular formula is C19H22N2O4. The molecule has 3 rings (SSSR count). The Morgan fingerprint density at radius 3 is 2.80 bits per heavy atom. The zero-order valence-electron chi connectivity index (χ0n) is 14.2. The first-order valence-electron chi connectivity index (χ1n) is 8.24. The largest absolute Gasteiger partial charge is 0.497 e. The highest BCUT2D eigenvalue weighted by Gasteiger charge is 2.24. The first-order valence-corrected chi connectivity index (χ1v) is 8.24. The summed E-state index contributed by atoms with van der Waals surface area (Å²) in [5.74, 6) is 1.46. The lowest BCUT2D eigenvalue weighted by Gasteiger charge is -2.32. The molecule has 1 heterocycles. The van der Waals surface area contributed by atoms with E-state index in [0.29, 0.717) is 32.1 Å². The number of anilines is 1. The van der Waals surface area contributed by atoms with Crippen molar-refractivity contribution < 1.29 is 19.0 Å². The molecule has 1 aliphatic rings. The molecule has 6 heteroatoms. The van der Waals surface area contributed by atoms with Crippen LogP contribution in [0.2, 0.25) is 0 Å². The maximum absolute atomic E-state index is 12.4. The summed E-state index contributed by atoms with van der Waals surface area (Å²) in [6.07, 6.45) is -0.165. The molecule has 1 saturated heterocycles. The van der Waals surface area contributed by atoms with Gasteiger partial charge >= 0.3 is 6.03 Å². The summed E-state index contributed by atoms with van der Waals surface area (Å²) < 4.78 is 16.7. The maximum Gasteiger partial charge on any atom is 0.322 e. The smallest absolute Gasteiger partial charge is 0.322 e. The van der Waals surface area contributed by atoms with Crippen LogP contribution in [0.15, 0.2) is 54.6 Å². The number of nitrogens with zero attached hydrogens (tertiary/aromatic N) is 1. The molecule has 0 radical (unpaired) electrons. The highest BCUT2D eigenvalue weighted by Crippen LogP contribution is 2.19. The van der Waals surface area contributed by atoms with Crippen LogP contribution in [0, 0.1) is 0 Å². The molecule has 1 atom stereocenters. The maximum atomic E-state index is 12.4. The van der Waals surface area contributed by atoms with Crippen molar-refractivity contribution in [2.75, 3.05) is 38.7 Å². The van der Waals surface area contributed by atoms with Gasteiger partial charge in [0.15, 0.2) is 0 Å². The zero-order valence-corrected chi connectivity index (χ0v) is 14.2. The molecule has 0 bridgehead atoms. The molecule has 2 aromatic carbocycles. The molecule has 0 aliphatic carbocycles. The van der Waals surface area contributed by atoms with Gasteiger partial charge in [0.25, 0.3) is 0 Å². The van der Waals surface area contributed by atoms with Crippen molar-refractivity contribution in [3.63, 3.8) is 0 Å². The minimum Gasteiger partial charge on any atom is -0.497 e. The Morgan fingerprint density at radius 1 is 1.20 bits per heavy atom. The predicted molar refractivity (Wildman–Crippen MR) is 95.3 cm³/mol. The third-order valence-corrected chi connectivity index (χ3v) is 3.93. The molecule has 1 aliphatic heterocycles. The van der Waals surface area contributed by atoms with E-state index >= 15 is 0 Å². The molecular weight excluding hydrogens is 320 g/mol. The third-order valence-electron chi connectivity index (χ3n) is 3.93. The van der Waals surface area contributed by atoms with Crippen molar-refractivity contribution in [2.45, 2.75) is 6.10 Å². The van der Waals surface area contributed by atoms with Crippen LogP contribution < -0.4 is 14.8 Å². The fourth-order valence-corrected chi connectivity index (χ4v) is 2.61. The predicted octanol–water partition coefficient (Wildman–Crippen LogP) is 3.01. The number of ether oxygens (including phenoxy) is 3. The first kappa shape index (κ1) is 17.1. The molecule has 1 N–H and O–H groups in total. The van der Waals surface area contributed by atoms with Crippen LogP contribution in [0.3, 0.4) is 0 Å². The summed E-state index contributed by atoms with van der Waals surface area (Å²) in [5, 5.41) is 2.90. The number of nitrogens with one attached hydrogen (secondary N) is 1. The van der Waals surface area contributed by atoms with Crippen LogP contribution in [0.4, 0.5) is 10.5 Å². The Labute approximate surface area is 147 Å². The molecule has 0 saturated carbocycles. The molecule has 2 aromatic rings. The molecule has 132 valence electrons. The van der Waals surface area contributed by atoms with Gasteiger partial charge in [0, 0.05) is 18.3 Å². The van der Waals surface area contributed by atoms with E-state index in [-0.39, 0.29) is 12.1 Å². The summed E-state index contributed by atoms with van der Waals surface area (Å²) >= 11 is 0. The summed E-state index contributed by atoms with van der Waals surface area (Å²) in [5.41, 5.74) is 0.781. The van der Waals surface area contributed by atoms with Crippen LogP contribution in [0.5, 0.6) is 11.5 Å². The quantitative estimate of drug-likeness (QED) is 0.907. The van der Waals surface area contributed by atoms with Gasteiger partial charge in [-0.15, -0.1) is 0 Å². The highest BCUT2D eigenvalue weighted by molar-refractivity contribution is 5.89. The molecule has 2 amide bonds. The van der Waals surface area contributed by atoms with Crippen molar-refractivity contribution in [1.82, 2.24) is 4.90 Å². The number of amides is 2. The lowest BCUT2D eigenvalue weighted by Crippen LogP contribution is -2.49. The SMILES string of the molecule is COc1cccc(OCC2CN(C(=O)Nc3ccccc3)CCO2)c1. The van der Waals surface area contributed by atoms with Gasteiger partial charge < -0.3 is 24.4 Å². The van der Waals surface area contributed by atoms with Gasteiger partial charge in [-0.25, -0.2) is 4.79 Å². The van der Waals surface area contributed by atoms with Crippen molar-refractivity contribution >= 4 is 11.7 Å². The standard InChI is InChI=1S/C19H22N2O4/c1-23-16-8-5-9-17(12-16)25-14-18-13-21(10-11-24-18)19(22)20-15-6-3-2-4-7-15/h2-9,12,18H,10-11,13-14H2,1H3,(H,20,22). The van der Waals surface area contributed by atoms with Gasteiger partial charge in [0.1, 0.15) is 24.2 Å².